The molecule has 1 aliphatic carbocycles. The van der Waals surface area contributed by atoms with Gasteiger partial charge in [-0.3, -0.25) is 20.4 Å². The van der Waals surface area contributed by atoms with Crippen molar-refractivity contribution < 1.29 is 37.1 Å². The Labute approximate surface area is 245 Å². The molecule has 11 nitrogen and oxygen atoms in total. The number of rotatable bonds is 11. The molecule has 2 aromatic carbocycles. The number of benzene rings is 2. The van der Waals surface area contributed by atoms with Crippen molar-refractivity contribution >= 4 is 35.4 Å². The number of nitrogens with two attached hydrogens (primary N) is 2. The van der Waals surface area contributed by atoms with E-state index in [2.05, 4.69) is 15.4 Å². The van der Waals surface area contributed by atoms with E-state index in [1.807, 2.05) is 0 Å². The minimum absolute atomic E-state index is 0.00173. The summed E-state index contributed by atoms with van der Waals surface area (Å²) in [5.41, 5.74) is 13.0. The second kappa shape index (κ2) is 14.4. The molecule has 0 saturated heterocycles. The highest BCUT2D eigenvalue weighted by molar-refractivity contribution is 6.02. The number of ether oxygens (including phenoxy) is 1. The Morgan fingerprint density at radius 3 is 1.84 bits per heavy atom. The highest BCUT2D eigenvalue weighted by atomic mass is 19.4. The molecule has 0 aliphatic heterocycles. The highest BCUT2D eigenvalue weighted by Gasteiger charge is 2.45. The van der Waals surface area contributed by atoms with Gasteiger partial charge in [0.15, 0.2) is 0 Å². The van der Waals surface area contributed by atoms with E-state index in [-0.39, 0.29) is 24.6 Å². The van der Waals surface area contributed by atoms with Crippen LogP contribution >= 0.6 is 0 Å². The molecular formula is C29H33F3N6O5. The number of halogens is 3. The number of amides is 2. The van der Waals surface area contributed by atoms with E-state index in [9.17, 15) is 32.3 Å². The summed E-state index contributed by atoms with van der Waals surface area (Å²) < 4.78 is 42.5. The molecule has 3 rings (SSSR count). The molecule has 2 amide bonds. The summed E-state index contributed by atoms with van der Waals surface area (Å²) in [4.78, 5) is 51.1. The van der Waals surface area contributed by atoms with Gasteiger partial charge in [-0.1, -0.05) is 67.8 Å². The number of nitrogen functional groups attached to an aromatic ring is 2. The second-order valence-electron chi connectivity index (χ2n) is 10.3. The fourth-order valence-electron chi connectivity index (χ4n) is 4.78. The van der Waals surface area contributed by atoms with Crippen molar-refractivity contribution in [3.63, 3.8) is 0 Å². The smallest absolute Gasteiger partial charge is 0.385 e. The van der Waals surface area contributed by atoms with Crippen LogP contribution in [0.3, 0.4) is 0 Å². The molecule has 0 spiro atoms. The largest absolute Gasteiger partial charge is 0.491 e. The van der Waals surface area contributed by atoms with E-state index < -0.39 is 47.8 Å². The molecule has 1 fully saturated rings. The minimum Gasteiger partial charge on any atom is -0.385 e. The molecule has 43 heavy (non-hydrogen) atoms. The van der Waals surface area contributed by atoms with E-state index in [0.29, 0.717) is 47.9 Å². The van der Waals surface area contributed by atoms with Crippen molar-refractivity contribution in [1.29, 1.82) is 10.8 Å². The van der Waals surface area contributed by atoms with Crippen LogP contribution in [0.15, 0.2) is 48.5 Å². The molecule has 2 aromatic rings. The maximum absolute atomic E-state index is 13.6. The number of nitrogens with one attached hydrogen (secondary N) is 4. The molecule has 0 heterocycles. The lowest BCUT2D eigenvalue weighted by Crippen LogP contribution is -2.52. The van der Waals surface area contributed by atoms with Crippen LogP contribution in [0.5, 0.6) is 0 Å². The monoisotopic (exact) mass is 602 g/mol. The Hall–Kier alpha value is -4.75. The van der Waals surface area contributed by atoms with Gasteiger partial charge in [0.25, 0.3) is 0 Å². The van der Waals surface area contributed by atoms with Crippen LogP contribution < -0.4 is 22.1 Å². The molecule has 14 heteroatoms. The first-order valence-electron chi connectivity index (χ1n) is 13.5. The number of carbonyl (C=O) groups excluding carboxylic acids is 4. The van der Waals surface area contributed by atoms with E-state index in [0.717, 1.165) is 6.42 Å². The topological polar surface area (TPSA) is 201 Å². The Morgan fingerprint density at radius 2 is 1.35 bits per heavy atom. The van der Waals surface area contributed by atoms with Gasteiger partial charge in [-0.25, -0.2) is 9.59 Å². The van der Waals surface area contributed by atoms with Crippen LogP contribution in [0.4, 0.5) is 13.2 Å². The van der Waals surface area contributed by atoms with Crippen LogP contribution in [0.25, 0.3) is 0 Å². The van der Waals surface area contributed by atoms with Crippen molar-refractivity contribution in [3.8, 4) is 0 Å². The van der Waals surface area contributed by atoms with Crippen molar-refractivity contribution in [3.05, 3.63) is 70.8 Å². The van der Waals surface area contributed by atoms with Gasteiger partial charge in [0.2, 0.25) is 11.8 Å². The Morgan fingerprint density at radius 1 is 0.837 bits per heavy atom. The third kappa shape index (κ3) is 9.38. The predicted molar refractivity (Wildman–Crippen MR) is 150 cm³/mol. The van der Waals surface area contributed by atoms with Crippen LogP contribution in [0.2, 0.25) is 0 Å². The van der Waals surface area contributed by atoms with Gasteiger partial charge in [0, 0.05) is 17.7 Å². The van der Waals surface area contributed by atoms with Gasteiger partial charge in [0.05, 0.1) is 0 Å². The Balaban J connectivity index is 1.84. The number of hydrogen-bond acceptors (Lipinski definition) is 7. The SMILES string of the molecule is N=C(N)c1ccc(CNC(=O)C(Cc2ccc(C(=N)N)cc2)C(=O)NC(C(=O)OC(=O)C(F)(F)F)C2CCCCC2)cc1. The molecule has 0 radical (unpaired) electrons. The van der Waals surface area contributed by atoms with Crippen molar-refractivity contribution in [2.24, 2.45) is 23.3 Å². The molecule has 0 aromatic heterocycles. The summed E-state index contributed by atoms with van der Waals surface area (Å²) in [6.45, 7) is -0.00173. The summed E-state index contributed by atoms with van der Waals surface area (Å²) in [6.07, 6.45) is -2.61. The van der Waals surface area contributed by atoms with E-state index in [1.165, 1.54) is 12.1 Å². The van der Waals surface area contributed by atoms with E-state index >= 15 is 0 Å². The number of amidine groups is 2. The predicted octanol–water partition coefficient (Wildman–Crippen LogP) is 2.43. The van der Waals surface area contributed by atoms with E-state index in [1.54, 1.807) is 36.4 Å². The van der Waals surface area contributed by atoms with Crippen molar-refractivity contribution in [2.45, 2.75) is 57.3 Å². The summed E-state index contributed by atoms with van der Waals surface area (Å²) in [6, 6.07) is 11.1. The van der Waals surface area contributed by atoms with E-state index in [4.69, 9.17) is 22.3 Å². The maximum atomic E-state index is 13.6. The molecule has 2 unspecified atom stereocenters. The minimum atomic E-state index is -5.41. The quantitative estimate of drug-likeness (QED) is 0.0981. The zero-order chi connectivity index (χ0) is 31.7. The first-order valence-corrected chi connectivity index (χ1v) is 13.5. The van der Waals surface area contributed by atoms with Crippen molar-refractivity contribution in [1.82, 2.24) is 10.6 Å². The molecule has 1 saturated carbocycles. The Bertz CT molecular complexity index is 1360. The van der Waals surface area contributed by atoms with Crippen LogP contribution in [0, 0.1) is 22.7 Å². The number of hydrogen-bond donors (Lipinski definition) is 6. The maximum Gasteiger partial charge on any atom is 0.491 e. The number of alkyl halides is 3. The zero-order valence-electron chi connectivity index (χ0n) is 23.1. The first-order chi connectivity index (χ1) is 20.3. The lowest BCUT2D eigenvalue weighted by atomic mass is 9.83. The normalized spacial score (nSPS) is 15.0. The third-order valence-electron chi connectivity index (χ3n) is 7.17. The summed E-state index contributed by atoms with van der Waals surface area (Å²) in [7, 11) is 0. The number of esters is 2. The second-order valence-corrected chi connectivity index (χ2v) is 10.3. The standard InChI is InChI=1S/C29H33F3N6O5/c30-29(31,32)28(42)43-27(41)22(18-4-2-1-3-5-18)38-26(40)21(14-16-6-10-19(11-7-16)23(33)34)25(39)37-15-17-8-12-20(13-9-17)24(35)36/h6-13,18,21-22H,1-5,14-15H2,(H3,33,34)(H3,35,36)(H,37,39)(H,38,40). The molecule has 0 bridgehead atoms. The van der Waals surface area contributed by atoms with Gasteiger partial charge in [-0.15, -0.1) is 0 Å². The Kier molecular flexibility index (Phi) is 11.0. The van der Waals surface area contributed by atoms with Crippen LogP contribution in [-0.2, 0) is 36.9 Å². The molecule has 2 atom stereocenters. The van der Waals surface area contributed by atoms with Crippen LogP contribution in [-0.4, -0.2) is 47.6 Å². The molecule has 8 N–H and O–H groups in total. The third-order valence-corrected chi connectivity index (χ3v) is 7.17. The van der Waals surface area contributed by atoms with Gasteiger partial charge in [0.1, 0.15) is 23.6 Å². The van der Waals surface area contributed by atoms with Crippen LogP contribution in [0.1, 0.15) is 54.4 Å². The molecular weight excluding hydrogens is 569 g/mol. The zero-order valence-corrected chi connectivity index (χ0v) is 23.1. The van der Waals surface area contributed by atoms with Gasteiger partial charge in [-0.2, -0.15) is 13.2 Å². The molecule has 230 valence electrons. The first kappa shape index (κ1) is 32.8. The molecule has 1 aliphatic rings. The lowest BCUT2D eigenvalue weighted by molar-refractivity contribution is -0.203. The van der Waals surface area contributed by atoms with Gasteiger partial charge in [-0.05, 0) is 36.3 Å². The fourth-order valence-corrected chi connectivity index (χ4v) is 4.78. The summed E-state index contributed by atoms with van der Waals surface area (Å²) in [5.74, 6) is -8.25. The lowest BCUT2D eigenvalue weighted by Gasteiger charge is -2.30. The average Bonchev–Trinajstić information content (AvgIpc) is 2.97. The average molecular weight is 603 g/mol. The fraction of sp³-hybridized carbons (Fsp3) is 0.379. The summed E-state index contributed by atoms with van der Waals surface area (Å²) >= 11 is 0. The van der Waals surface area contributed by atoms with Gasteiger partial charge < -0.3 is 26.8 Å². The number of carbonyl (C=O) groups is 4. The van der Waals surface area contributed by atoms with Crippen molar-refractivity contribution in [2.75, 3.05) is 0 Å². The summed E-state index contributed by atoms with van der Waals surface area (Å²) in [5, 5.41) is 20.1. The highest BCUT2D eigenvalue weighted by Crippen LogP contribution is 2.28. The van der Waals surface area contributed by atoms with Gasteiger partial charge >= 0.3 is 18.1 Å².